The number of esters is 1. The minimum absolute atomic E-state index is 0.0468. The van der Waals surface area contributed by atoms with Crippen molar-refractivity contribution in [1.82, 2.24) is 0 Å². The first kappa shape index (κ1) is 16.9. The zero-order valence-corrected chi connectivity index (χ0v) is 12.7. The van der Waals surface area contributed by atoms with Crippen LogP contribution in [0, 0.1) is 11.6 Å². The van der Waals surface area contributed by atoms with E-state index in [1.165, 1.54) is 37.3 Å². The Bertz CT molecular complexity index is 735. The van der Waals surface area contributed by atoms with E-state index in [1.807, 2.05) is 0 Å². The van der Waals surface area contributed by atoms with E-state index >= 15 is 0 Å². The number of carbonyl (C=O) groups is 2. The van der Waals surface area contributed by atoms with Gasteiger partial charge in [0.15, 0.2) is 6.10 Å². The van der Waals surface area contributed by atoms with E-state index in [0.717, 1.165) is 12.1 Å². The summed E-state index contributed by atoms with van der Waals surface area (Å²) in [6, 6.07) is 8.32. The van der Waals surface area contributed by atoms with Gasteiger partial charge in [-0.05, 0) is 49.4 Å². The topological polar surface area (TPSA) is 55.4 Å². The van der Waals surface area contributed by atoms with Crippen LogP contribution in [-0.4, -0.2) is 18.0 Å². The maximum absolute atomic E-state index is 12.9. The van der Waals surface area contributed by atoms with Gasteiger partial charge in [-0.1, -0.05) is 11.6 Å². The predicted octanol–water partition coefficient (Wildman–Crippen LogP) is 3.80. The lowest BCUT2D eigenvalue weighted by Crippen LogP contribution is -2.30. The molecule has 2 aromatic rings. The fraction of sp³-hybridized carbons (Fsp3) is 0.125. The van der Waals surface area contributed by atoms with Crippen LogP contribution in [0.2, 0.25) is 5.02 Å². The highest BCUT2D eigenvalue weighted by atomic mass is 35.5. The molecule has 0 bridgehead atoms. The average Bonchev–Trinajstić information content (AvgIpc) is 2.49. The smallest absolute Gasteiger partial charge is 0.340 e. The molecule has 4 nitrogen and oxygen atoms in total. The van der Waals surface area contributed by atoms with Crippen LogP contribution in [0.4, 0.5) is 14.5 Å². The molecule has 0 saturated carbocycles. The number of hydrogen-bond donors (Lipinski definition) is 1. The van der Waals surface area contributed by atoms with E-state index in [0.29, 0.717) is 5.69 Å². The second-order valence-corrected chi connectivity index (χ2v) is 5.08. The van der Waals surface area contributed by atoms with Gasteiger partial charge in [0.1, 0.15) is 11.6 Å². The second-order valence-electron chi connectivity index (χ2n) is 4.67. The lowest BCUT2D eigenvalue weighted by atomic mass is 10.2. The molecule has 0 radical (unpaired) electrons. The normalized spacial score (nSPS) is 11.7. The van der Waals surface area contributed by atoms with E-state index in [-0.39, 0.29) is 10.6 Å². The van der Waals surface area contributed by atoms with Gasteiger partial charge in [-0.2, -0.15) is 0 Å². The Kier molecular flexibility index (Phi) is 5.28. The van der Waals surface area contributed by atoms with Gasteiger partial charge in [-0.15, -0.1) is 0 Å². The third-order valence-electron chi connectivity index (χ3n) is 2.92. The summed E-state index contributed by atoms with van der Waals surface area (Å²) in [5.41, 5.74) is 0.314. The van der Waals surface area contributed by atoms with Gasteiger partial charge in [-0.3, -0.25) is 4.79 Å². The average molecular weight is 340 g/mol. The molecule has 120 valence electrons. The summed E-state index contributed by atoms with van der Waals surface area (Å²) in [6.07, 6.45) is -1.12. The van der Waals surface area contributed by atoms with Crippen LogP contribution in [0.5, 0.6) is 0 Å². The minimum atomic E-state index is -1.12. The van der Waals surface area contributed by atoms with Crippen molar-refractivity contribution in [3.05, 3.63) is 64.7 Å². The van der Waals surface area contributed by atoms with Gasteiger partial charge < -0.3 is 10.1 Å². The van der Waals surface area contributed by atoms with Crippen LogP contribution in [0.15, 0.2) is 42.5 Å². The largest absolute Gasteiger partial charge is 0.449 e. The number of amides is 1. The molecule has 1 atom stereocenters. The third-order valence-corrected chi connectivity index (χ3v) is 3.23. The van der Waals surface area contributed by atoms with Gasteiger partial charge in [0.05, 0.1) is 10.6 Å². The second kappa shape index (κ2) is 7.19. The number of ether oxygens (including phenoxy) is 1. The van der Waals surface area contributed by atoms with Gasteiger partial charge in [0.25, 0.3) is 5.91 Å². The van der Waals surface area contributed by atoms with E-state index in [1.54, 1.807) is 0 Å². The van der Waals surface area contributed by atoms with Gasteiger partial charge in [0, 0.05) is 5.69 Å². The van der Waals surface area contributed by atoms with E-state index < -0.39 is 29.6 Å². The number of rotatable bonds is 4. The molecule has 0 heterocycles. The van der Waals surface area contributed by atoms with E-state index in [4.69, 9.17) is 16.3 Å². The zero-order chi connectivity index (χ0) is 17.0. The van der Waals surface area contributed by atoms with Crippen molar-refractivity contribution in [1.29, 1.82) is 0 Å². The van der Waals surface area contributed by atoms with Crippen molar-refractivity contribution in [2.24, 2.45) is 0 Å². The predicted molar refractivity (Wildman–Crippen MR) is 81.3 cm³/mol. The van der Waals surface area contributed by atoms with Crippen LogP contribution in [-0.2, 0) is 9.53 Å². The first-order valence-electron chi connectivity index (χ1n) is 6.59. The summed E-state index contributed by atoms with van der Waals surface area (Å²) in [4.78, 5) is 23.9. The molecule has 0 saturated heterocycles. The fourth-order valence-corrected chi connectivity index (χ4v) is 1.95. The molecule has 0 aliphatic carbocycles. The molecule has 1 amide bonds. The lowest BCUT2D eigenvalue weighted by Gasteiger charge is -2.14. The Morgan fingerprint density at radius 3 is 2.30 bits per heavy atom. The molecule has 0 spiro atoms. The van der Waals surface area contributed by atoms with Gasteiger partial charge >= 0.3 is 5.97 Å². The Morgan fingerprint density at radius 2 is 1.70 bits per heavy atom. The molecule has 0 aromatic heterocycles. The van der Waals surface area contributed by atoms with Crippen molar-refractivity contribution >= 4 is 29.2 Å². The molecule has 2 aromatic carbocycles. The Labute approximate surface area is 136 Å². The third kappa shape index (κ3) is 4.50. The van der Waals surface area contributed by atoms with Crippen molar-refractivity contribution in [3.63, 3.8) is 0 Å². The number of anilines is 1. The molecular formula is C16H12ClF2NO3. The quantitative estimate of drug-likeness (QED) is 0.862. The van der Waals surface area contributed by atoms with Crippen LogP contribution < -0.4 is 5.32 Å². The number of carbonyl (C=O) groups excluding carboxylic acids is 2. The van der Waals surface area contributed by atoms with Crippen LogP contribution in [0.3, 0.4) is 0 Å². The maximum Gasteiger partial charge on any atom is 0.340 e. The van der Waals surface area contributed by atoms with Crippen molar-refractivity contribution in [2.75, 3.05) is 5.32 Å². The molecule has 7 heteroatoms. The Balaban J connectivity index is 2.00. The molecule has 2 rings (SSSR count). The van der Waals surface area contributed by atoms with Crippen molar-refractivity contribution in [2.45, 2.75) is 13.0 Å². The molecular weight excluding hydrogens is 328 g/mol. The SMILES string of the molecule is C[C@@H](OC(=O)c1ccc(F)cc1Cl)C(=O)Nc1ccc(F)cc1. The van der Waals surface area contributed by atoms with Crippen molar-refractivity contribution < 1.29 is 23.1 Å². The molecule has 0 fully saturated rings. The summed E-state index contributed by atoms with van der Waals surface area (Å²) in [7, 11) is 0. The summed E-state index contributed by atoms with van der Waals surface area (Å²) in [6.45, 7) is 1.37. The van der Waals surface area contributed by atoms with E-state index in [9.17, 15) is 18.4 Å². The van der Waals surface area contributed by atoms with E-state index in [2.05, 4.69) is 5.32 Å². The van der Waals surface area contributed by atoms with Gasteiger partial charge in [-0.25, -0.2) is 13.6 Å². The Hall–Kier alpha value is -2.47. The molecule has 0 aliphatic heterocycles. The van der Waals surface area contributed by atoms with Crippen LogP contribution in [0.25, 0.3) is 0 Å². The standard InChI is InChI=1S/C16H12ClF2NO3/c1-9(15(21)20-12-5-2-10(18)3-6-12)23-16(22)13-7-4-11(19)8-14(13)17/h2-9H,1H3,(H,20,21)/t9-/m1/s1. The zero-order valence-electron chi connectivity index (χ0n) is 12.0. The summed E-state index contributed by atoms with van der Waals surface area (Å²) in [5, 5.41) is 2.36. The summed E-state index contributed by atoms with van der Waals surface area (Å²) < 4.78 is 30.7. The molecule has 0 aliphatic rings. The summed E-state index contributed by atoms with van der Waals surface area (Å²) >= 11 is 5.76. The van der Waals surface area contributed by atoms with Crippen LogP contribution >= 0.6 is 11.6 Å². The highest BCUT2D eigenvalue weighted by Gasteiger charge is 2.21. The number of benzene rings is 2. The van der Waals surface area contributed by atoms with Gasteiger partial charge in [0.2, 0.25) is 0 Å². The van der Waals surface area contributed by atoms with Crippen LogP contribution in [0.1, 0.15) is 17.3 Å². The molecule has 23 heavy (non-hydrogen) atoms. The highest BCUT2D eigenvalue weighted by Crippen LogP contribution is 2.19. The van der Waals surface area contributed by atoms with Crippen molar-refractivity contribution in [3.8, 4) is 0 Å². The number of hydrogen-bond acceptors (Lipinski definition) is 3. The maximum atomic E-state index is 12.9. The summed E-state index contributed by atoms with van der Waals surface area (Å²) in [5.74, 6) is -2.47. The fourth-order valence-electron chi connectivity index (χ4n) is 1.71. The minimum Gasteiger partial charge on any atom is -0.449 e. The monoisotopic (exact) mass is 339 g/mol. The first-order valence-corrected chi connectivity index (χ1v) is 6.97. The molecule has 1 N–H and O–H groups in total. The highest BCUT2D eigenvalue weighted by molar-refractivity contribution is 6.33. The Morgan fingerprint density at radius 1 is 1.09 bits per heavy atom. The number of halogens is 3. The number of nitrogens with one attached hydrogen (secondary N) is 1. The molecule has 0 unspecified atom stereocenters. The first-order chi connectivity index (χ1) is 10.9. The lowest BCUT2D eigenvalue weighted by molar-refractivity contribution is -0.123.